The number of hydrogen-bond donors (Lipinski definition) is 2. The van der Waals surface area contributed by atoms with Crippen LogP contribution in [0, 0.1) is 0 Å². The van der Waals surface area contributed by atoms with Crippen LogP contribution >= 0.6 is 22.9 Å². The van der Waals surface area contributed by atoms with Gasteiger partial charge in [-0.1, -0.05) is 35.1 Å². The van der Waals surface area contributed by atoms with E-state index in [0.29, 0.717) is 10.6 Å². The summed E-state index contributed by atoms with van der Waals surface area (Å²) in [6.07, 6.45) is 5.63. The Labute approximate surface area is 199 Å². The number of anilines is 1. The smallest absolute Gasteiger partial charge is 0.328 e. The van der Waals surface area contributed by atoms with Crippen LogP contribution in [0.1, 0.15) is 33.2 Å². The van der Waals surface area contributed by atoms with Crippen molar-refractivity contribution < 1.29 is 4.74 Å². The second-order valence-electron chi connectivity index (χ2n) is 8.14. The molecule has 33 heavy (non-hydrogen) atoms. The fourth-order valence-electron chi connectivity index (χ4n) is 4.26. The third-order valence-electron chi connectivity index (χ3n) is 5.98. The van der Waals surface area contributed by atoms with Gasteiger partial charge in [-0.15, -0.1) is 0 Å². The number of aromatic nitrogens is 3. The number of nitrogens with one attached hydrogen (secondary N) is 2. The number of ether oxygens (including phenoxy) is 1. The number of nitrogens with zero attached hydrogens (tertiary/aromatic N) is 3. The maximum atomic E-state index is 12.9. The first-order valence-electron chi connectivity index (χ1n) is 10.8. The largest absolute Gasteiger partial charge is 0.379 e. The molecule has 1 aliphatic heterocycles. The molecule has 0 radical (unpaired) electrons. The van der Waals surface area contributed by atoms with E-state index in [4.69, 9.17) is 21.3 Å². The minimum Gasteiger partial charge on any atom is -0.379 e. The molecule has 3 heterocycles. The third kappa shape index (κ3) is 4.54. The van der Waals surface area contributed by atoms with Gasteiger partial charge >= 0.3 is 5.69 Å². The summed E-state index contributed by atoms with van der Waals surface area (Å²) >= 11 is 7.81. The first-order valence-corrected chi connectivity index (χ1v) is 12.0. The number of benzene rings is 1. The lowest BCUT2D eigenvalue weighted by molar-refractivity contribution is 0.0398. The molecule has 1 fully saturated rings. The maximum absolute atomic E-state index is 12.9. The second-order valence-corrected chi connectivity index (χ2v) is 9.61. The monoisotopic (exact) mass is 485 g/mol. The number of H-pyrrole nitrogens is 1. The topological polar surface area (TPSA) is 92.2 Å². The summed E-state index contributed by atoms with van der Waals surface area (Å²) in [5.74, 6) is -0.427. The lowest BCUT2D eigenvalue weighted by atomic mass is 9.87. The number of aryl methyl sites for hydroxylation is 1. The highest BCUT2D eigenvalue weighted by atomic mass is 35.5. The van der Waals surface area contributed by atoms with Crippen molar-refractivity contribution in [3.05, 3.63) is 77.5 Å². The molecular weight excluding hydrogens is 462 g/mol. The van der Waals surface area contributed by atoms with E-state index in [-0.39, 0.29) is 0 Å². The molecule has 2 aromatic heterocycles. The molecule has 1 atom stereocenters. The molecule has 1 aromatic carbocycles. The Hall–Kier alpha value is -2.72. The standard InChI is InChI=1S/C23H24ClN5O3S/c1-28-13-17(21(30)27-23(28)31)19-16-4-3-15(24)12-14(16)2-5-18-20(19)26-22(33-18)25-6-7-29-8-10-32-11-9-29/h2-5,12-13,19H,6-11H2,1H3,(H,25,26)(H,27,30,31). The molecular formula is C23H24ClN5O3S. The Kier molecular flexibility index (Phi) is 6.20. The van der Waals surface area contributed by atoms with Crippen molar-refractivity contribution >= 4 is 40.2 Å². The molecule has 10 heteroatoms. The zero-order valence-corrected chi connectivity index (χ0v) is 19.7. The van der Waals surface area contributed by atoms with Crippen molar-refractivity contribution in [2.75, 3.05) is 44.7 Å². The SMILES string of the molecule is Cn1cc(C2c3ccc(Cl)cc3C=Cc3sc(NCCN4CCOCC4)nc32)c(=O)[nH]c1=O. The molecule has 2 aliphatic rings. The molecule has 0 saturated carbocycles. The van der Waals surface area contributed by atoms with E-state index in [2.05, 4.69) is 15.2 Å². The van der Waals surface area contributed by atoms with Crippen molar-refractivity contribution in [2.24, 2.45) is 7.05 Å². The maximum Gasteiger partial charge on any atom is 0.328 e. The van der Waals surface area contributed by atoms with Gasteiger partial charge in [0.25, 0.3) is 5.56 Å². The summed E-state index contributed by atoms with van der Waals surface area (Å²) in [7, 11) is 1.63. The van der Waals surface area contributed by atoms with E-state index < -0.39 is 17.2 Å². The van der Waals surface area contributed by atoms with Gasteiger partial charge in [-0.25, -0.2) is 9.78 Å². The first-order chi connectivity index (χ1) is 16.0. The summed E-state index contributed by atoms with van der Waals surface area (Å²) in [5.41, 5.74) is 2.24. The molecule has 0 bridgehead atoms. The van der Waals surface area contributed by atoms with E-state index >= 15 is 0 Å². The summed E-state index contributed by atoms with van der Waals surface area (Å²) in [4.78, 5) is 35.5. The summed E-state index contributed by atoms with van der Waals surface area (Å²) in [6.45, 7) is 5.11. The highest BCUT2D eigenvalue weighted by Gasteiger charge is 2.29. The van der Waals surface area contributed by atoms with Crippen molar-refractivity contribution in [2.45, 2.75) is 5.92 Å². The van der Waals surface area contributed by atoms with Gasteiger partial charge in [0, 0.05) is 50.0 Å². The molecule has 172 valence electrons. The number of hydrogen-bond acceptors (Lipinski definition) is 7. The Balaban J connectivity index is 1.52. The van der Waals surface area contributed by atoms with Gasteiger partial charge in [0.15, 0.2) is 5.13 Å². The summed E-state index contributed by atoms with van der Waals surface area (Å²) < 4.78 is 6.80. The molecule has 3 aromatic rings. The Morgan fingerprint density at radius 2 is 2.06 bits per heavy atom. The van der Waals surface area contributed by atoms with E-state index in [0.717, 1.165) is 66.2 Å². The van der Waals surface area contributed by atoms with Crippen LogP contribution in [-0.4, -0.2) is 58.8 Å². The predicted octanol–water partition coefficient (Wildman–Crippen LogP) is 2.59. The molecule has 2 N–H and O–H groups in total. The van der Waals surface area contributed by atoms with Gasteiger partial charge in [0.2, 0.25) is 0 Å². The van der Waals surface area contributed by atoms with E-state index in [9.17, 15) is 9.59 Å². The van der Waals surface area contributed by atoms with E-state index in [1.165, 1.54) is 4.57 Å². The van der Waals surface area contributed by atoms with Gasteiger partial charge in [-0.05, 0) is 29.3 Å². The van der Waals surface area contributed by atoms with Gasteiger partial charge < -0.3 is 14.6 Å². The first kappa shape index (κ1) is 22.1. The number of halogens is 1. The van der Waals surface area contributed by atoms with Gasteiger partial charge in [-0.3, -0.25) is 14.7 Å². The average Bonchev–Trinajstić information content (AvgIpc) is 3.14. The second kappa shape index (κ2) is 9.26. The normalized spacial score (nSPS) is 17.9. The third-order valence-corrected chi connectivity index (χ3v) is 7.21. The van der Waals surface area contributed by atoms with Crippen LogP contribution in [0.5, 0.6) is 0 Å². The summed E-state index contributed by atoms with van der Waals surface area (Å²) in [5, 5.41) is 4.87. The number of rotatable bonds is 5. The van der Waals surface area contributed by atoms with Crippen LogP contribution < -0.4 is 16.6 Å². The zero-order chi connectivity index (χ0) is 22.9. The summed E-state index contributed by atoms with van der Waals surface area (Å²) in [6, 6.07) is 5.63. The van der Waals surface area contributed by atoms with Crippen LogP contribution in [0.2, 0.25) is 5.02 Å². The molecule has 1 unspecified atom stereocenters. The highest BCUT2D eigenvalue weighted by molar-refractivity contribution is 7.16. The molecule has 8 nitrogen and oxygen atoms in total. The zero-order valence-electron chi connectivity index (χ0n) is 18.1. The van der Waals surface area contributed by atoms with Gasteiger partial charge in [0.1, 0.15) is 0 Å². The minimum atomic E-state index is -0.448. The van der Waals surface area contributed by atoms with Gasteiger partial charge in [-0.2, -0.15) is 0 Å². The van der Waals surface area contributed by atoms with Crippen molar-refractivity contribution in [1.29, 1.82) is 0 Å². The molecule has 0 spiro atoms. The van der Waals surface area contributed by atoms with Crippen LogP contribution in [0.25, 0.3) is 12.2 Å². The number of thiazole rings is 1. The Morgan fingerprint density at radius 3 is 2.88 bits per heavy atom. The Morgan fingerprint density at radius 1 is 1.24 bits per heavy atom. The van der Waals surface area contributed by atoms with E-state index in [1.54, 1.807) is 24.6 Å². The number of fused-ring (bicyclic) bond motifs is 2. The highest BCUT2D eigenvalue weighted by Crippen LogP contribution is 2.41. The van der Waals surface area contributed by atoms with Crippen LogP contribution in [-0.2, 0) is 11.8 Å². The molecule has 0 amide bonds. The Bertz CT molecular complexity index is 1320. The quantitative estimate of drug-likeness (QED) is 0.451. The lowest BCUT2D eigenvalue weighted by Gasteiger charge is -2.26. The number of morpholine rings is 1. The number of aromatic amines is 1. The molecule has 1 aliphatic carbocycles. The lowest BCUT2D eigenvalue weighted by Crippen LogP contribution is -2.39. The fraction of sp³-hybridized carbons (Fsp3) is 0.348. The van der Waals surface area contributed by atoms with E-state index in [1.807, 2.05) is 30.4 Å². The van der Waals surface area contributed by atoms with Gasteiger partial charge in [0.05, 0.1) is 29.7 Å². The van der Waals surface area contributed by atoms with Crippen LogP contribution in [0.3, 0.4) is 0 Å². The minimum absolute atomic E-state index is 0.410. The van der Waals surface area contributed by atoms with Crippen molar-refractivity contribution in [1.82, 2.24) is 19.4 Å². The van der Waals surface area contributed by atoms with Crippen molar-refractivity contribution in [3.8, 4) is 0 Å². The average molecular weight is 486 g/mol. The van der Waals surface area contributed by atoms with Crippen LogP contribution in [0.15, 0.2) is 34.0 Å². The molecule has 1 saturated heterocycles. The van der Waals surface area contributed by atoms with Crippen molar-refractivity contribution in [3.63, 3.8) is 0 Å². The predicted molar refractivity (Wildman–Crippen MR) is 131 cm³/mol. The van der Waals surface area contributed by atoms with Crippen LogP contribution in [0.4, 0.5) is 5.13 Å². The molecule has 5 rings (SSSR count). The fourth-order valence-corrected chi connectivity index (χ4v) is 5.37.